The molecule has 1 aliphatic carbocycles. The Labute approximate surface area is 129 Å². The molecular weight excluding hydrogens is 256 g/mol. The third kappa shape index (κ3) is 4.55. The van der Waals surface area contributed by atoms with Crippen LogP contribution in [-0.2, 0) is 6.54 Å². The largest absolute Gasteiger partial charge is 0.309 e. The molecule has 0 bridgehead atoms. The fraction of sp³-hybridized carbons (Fsp3) is 0.684. The van der Waals surface area contributed by atoms with Gasteiger partial charge in [0.05, 0.1) is 0 Å². The third-order valence-electron chi connectivity index (χ3n) is 5.03. The van der Waals surface area contributed by atoms with Crippen molar-refractivity contribution in [2.24, 2.45) is 5.92 Å². The summed E-state index contributed by atoms with van der Waals surface area (Å²) in [5.41, 5.74) is 1.41. The van der Waals surface area contributed by atoms with Gasteiger partial charge >= 0.3 is 0 Å². The summed E-state index contributed by atoms with van der Waals surface area (Å²) in [5, 5.41) is 3.82. The lowest BCUT2D eigenvalue weighted by Gasteiger charge is -2.38. The van der Waals surface area contributed by atoms with E-state index in [0.29, 0.717) is 6.04 Å². The Morgan fingerprint density at radius 3 is 2.67 bits per heavy atom. The standard InChI is InChI=1S/C19H30N2/c1-2-3-7-17-12-18(15-21(14-17)19-10-11-19)20-13-16-8-5-4-6-9-16/h4-6,8-9,17-20H,2-3,7,10-15H2,1H3. The van der Waals surface area contributed by atoms with E-state index >= 15 is 0 Å². The smallest absolute Gasteiger partial charge is 0.0208 e. The van der Waals surface area contributed by atoms with Crippen LogP contribution in [0.4, 0.5) is 0 Å². The van der Waals surface area contributed by atoms with Crippen LogP contribution in [0.5, 0.6) is 0 Å². The number of unbranched alkanes of at least 4 members (excludes halogenated alkanes) is 1. The van der Waals surface area contributed by atoms with Gasteiger partial charge in [0.25, 0.3) is 0 Å². The van der Waals surface area contributed by atoms with Gasteiger partial charge < -0.3 is 5.32 Å². The van der Waals surface area contributed by atoms with Crippen molar-refractivity contribution < 1.29 is 0 Å². The molecule has 2 nitrogen and oxygen atoms in total. The van der Waals surface area contributed by atoms with Crippen LogP contribution in [0.3, 0.4) is 0 Å². The number of benzene rings is 1. The first kappa shape index (κ1) is 15.1. The molecule has 2 fully saturated rings. The minimum atomic E-state index is 0.682. The third-order valence-corrected chi connectivity index (χ3v) is 5.03. The van der Waals surface area contributed by atoms with Crippen LogP contribution in [0.2, 0.25) is 0 Å². The zero-order chi connectivity index (χ0) is 14.5. The van der Waals surface area contributed by atoms with E-state index in [1.165, 1.54) is 57.2 Å². The van der Waals surface area contributed by atoms with Gasteiger partial charge in [0.1, 0.15) is 0 Å². The van der Waals surface area contributed by atoms with Crippen LogP contribution in [0.15, 0.2) is 30.3 Å². The Balaban J connectivity index is 1.52. The van der Waals surface area contributed by atoms with E-state index in [2.05, 4.69) is 47.5 Å². The van der Waals surface area contributed by atoms with E-state index in [1.807, 2.05) is 0 Å². The summed E-state index contributed by atoms with van der Waals surface area (Å²) in [6.07, 6.45) is 8.40. The zero-order valence-corrected chi connectivity index (χ0v) is 13.4. The Kier molecular flexibility index (Phi) is 5.32. The molecule has 0 spiro atoms. The molecule has 21 heavy (non-hydrogen) atoms. The van der Waals surface area contributed by atoms with Gasteiger partial charge in [-0.05, 0) is 37.2 Å². The fourth-order valence-electron chi connectivity index (χ4n) is 3.69. The van der Waals surface area contributed by atoms with Gasteiger partial charge in [-0.2, -0.15) is 0 Å². The van der Waals surface area contributed by atoms with Gasteiger partial charge in [-0.25, -0.2) is 0 Å². The van der Waals surface area contributed by atoms with E-state index in [4.69, 9.17) is 0 Å². The second-order valence-corrected chi connectivity index (χ2v) is 6.99. The molecule has 1 heterocycles. The summed E-state index contributed by atoms with van der Waals surface area (Å²) in [5.74, 6) is 0.910. The predicted molar refractivity (Wildman–Crippen MR) is 89.3 cm³/mol. The molecule has 2 heteroatoms. The van der Waals surface area contributed by atoms with Gasteiger partial charge in [-0.1, -0.05) is 50.1 Å². The van der Waals surface area contributed by atoms with Crippen molar-refractivity contribution in [3.8, 4) is 0 Å². The van der Waals surface area contributed by atoms with Crippen molar-refractivity contribution in [1.29, 1.82) is 0 Å². The number of hydrogen-bond acceptors (Lipinski definition) is 2. The number of rotatable bonds is 7. The molecule has 1 aliphatic heterocycles. The molecule has 2 aliphatic rings. The van der Waals surface area contributed by atoms with Crippen LogP contribution < -0.4 is 5.32 Å². The lowest BCUT2D eigenvalue weighted by Crippen LogP contribution is -2.49. The first-order valence-corrected chi connectivity index (χ1v) is 8.86. The molecule has 2 unspecified atom stereocenters. The lowest BCUT2D eigenvalue weighted by molar-refractivity contribution is 0.127. The van der Waals surface area contributed by atoms with Crippen LogP contribution >= 0.6 is 0 Å². The van der Waals surface area contributed by atoms with Crippen molar-refractivity contribution in [1.82, 2.24) is 10.2 Å². The first-order chi connectivity index (χ1) is 10.3. The topological polar surface area (TPSA) is 15.3 Å². The molecule has 1 N–H and O–H groups in total. The highest BCUT2D eigenvalue weighted by Gasteiger charge is 2.35. The monoisotopic (exact) mass is 286 g/mol. The number of likely N-dealkylation sites (tertiary alicyclic amines) is 1. The minimum absolute atomic E-state index is 0.682. The van der Waals surface area contributed by atoms with E-state index in [9.17, 15) is 0 Å². The minimum Gasteiger partial charge on any atom is -0.309 e. The van der Waals surface area contributed by atoms with Crippen LogP contribution in [0.25, 0.3) is 0 Å². The van der Waals surface area contributed by atoms with E-state index in [1.54, 1.807) is 0 Å². The van der Waals surface area contributed by atoms with E-state index in [0.717, 1.165) is 18.5 Å². The summed E-state index contributed by atoms with van der Waals surface area (Å²) in [4.78, 5) is 2.77. The van der Waals surface area contributed by atoms with Gasteiger partial charge in [-0.15, -0.1) is 0 Å². The lowest BCUT2D eigenvalue weighted by atomic mass is 9.89. The maximum Gasteiger partial charge on any atom is 0.0208 e. The average molecular weight is 286 g/mol. The molecule has 1 saturated carbocycles. The first-order valence-electron chi connectivity index (χ1n) is 8.86. The summed E-state index contributed by atoms with van der Waals surface area (Å²) in [7, 11) is 0. The summed E-state index contributed by atoms with van der Waals surface area (Å²) in [6.45, 7) is 5.95. The second-order valence-electron chi connectivity index (χ2n) is 6.99. The molecule has 116 valence electrons. The van der Waals surface area contributed by atoms with Gasteiger partial charge in [0.15, 0.2) is 0 Å². The molecule has 0 radical (unpaired) electrons. The summed E-state index contributed by atoms with van der Waals surface area (Å²) < 4.78 is 0. The Bertz CT molecular complexity index is 413. The van der Waals surface area contributed by atoms with Crippen molar-refractivity contribution in [2.75, 3.05) is 13.1 Å². The highest BCUT2D eigenvalue weighted by atomic mass is 15.2. The molecule has 0 aromatic heterocycles. The molecule has 1 aromatic rings. The number of nitrogens with zero attached hydrogens (tertiary/aromatic N) is 1. The molecule has 1 saturated heterocycles. The van der Waals surface area contributed by atoms with E-state index in [-0.39, 0.29) is 0 Å². The zero-order valence-electron chi connectivity index (χ0n) is 13.4. The highest BCUT2D eigenvalue weighted by molar-refractivity contribution is 5.14. The van der Waals surface area contributed by atoms with Gasteiger partial charge in [0.2, 0.25) is 0 Å². The maximum atomic E-state index is 3.82. The van der Waals surface area contributed by atoms with Gasteiger partial charge in [0, 0.05) is 31.7 Å². The summed E-state index contributed by atoms with van der Waals surface area (Å²) in [6, 6.07) is 12.4. The maximum absolute atomic E-state index is 3.82. The molecule has 3 rings (SSSR count). The summed E-state index contributed by atoms with van der Waals surface area (Å²) >= 11 is 0. The van der Waals surface area contributed by atoms with Crippen LogP contribution in [0, 0.1) is 5.92 Å². The fourth-order valence-corrected chi connectivity index (χ4v) is 3.69. The molecule has 0 amide bonds. The van der Waals surface area contributed by atoms with Crippen molar-refractivity contribution in [2.45, 2.75) is 64.1 Å². The second kappa shape index (κ2) is 7.42. The van der Waals surface area contributed by atoms with Crippen LogP contribution in [0.1, 0.15) is 51.0 Å². The van der Waals surface area contributed by atoms with Gasteiger partial charge in [-0.3, -0.25) is 4.90 Å². The predicted octanol–water partition coefficient (Wildman–Crippen LogP) is 3.82. The van der Waals surface area contributed by atoms with Crippen molar-refractivity contribution in [3.05, 3.63) is 35.9 Å². The number of piperidine rings is 1. The van der Waals surface area contributed by atoms with Crippen molar-refractivity contribution >= 4 is 0 Å². The van der Waals surface area contributed by atoms with E-state index < -0.39 is 0 Å². The molecule has 1 aromatic carbocycles. The Hall–Kier alpha value is -0.860. The number of hydrogen-bond donors (Lipinski definition) is 1. The molecular formula is C19H30N2. The number of nitrogens with one attached hydrogen (secondary N) is 1. The van der Waals surface area contributed by atoms with Crippen LogP contribution in [-0.4, -0.2) is 30.1 Å². The quantitative estimate of drug-likeness (QED) is 0.820. The normalized spacial score (nSPS) is 26.9. The SMILES string of the molecule is CCCCC1CC(NCc2ccccc2)CN(C2CC2)C1. The average Bonchev–Trinajstić information content (AvgIpc) is 3.37. The molecule has 2 atom stereocenters. The Morgan fingerprint density at radius 1 is 1.14 bits per heavy atom. The van der Waals surface area contributed by atoms with Crippen molar-refractivity contribution in [3.63, 3.8) is 0 Å². The highest BCUT2D eigenvalue weighted by Crippen LogP contribution is 2.32. The Morgan fingerprint density at radius 2 is 1.95 bits per heavy atom.